The lowest BCUT2D eigenvalue weighted by molar-refractivity contribution is -0.138. The van der Waals surface area contributed by atoms with Crippen LogP contribution in [0.3, 0.4) is 0 Å². The minimum Gasteiger partial charge on any atom is -0.480 e. The number of piperidine rings is 1. The highest BCUT2D eigenvalue weighted by atomic mass is 16.4. The number of carboxylic acid groups (broad SMARTS) is 1. The van der Waals surface area contributed by atoms with E-state index in [0.29, 0.717) is 0 Å². The van der Waals surface area contributed by atoms with Gasteiger partial charge in [0.1, 0.15) is 0 Å². The van der Waals surface area contributed by atoms with Crippen molar-refractivity contribution in [3.63, 3.8) is 0 Å². The Balaban J connectivity index is 1.82. The van der Waals surface area contributed by atoms with Gasteiger partial charge in [-0.2, -0.15) is 0 Å². The van der Waals surface area contributed by atoms with Crippen LogP contribution in [0.5, 0.6) is 0 Å². The van der Waals surface area contributed by atoms with E-state index in [-0.39, 0.29) is 24.5 Å². The molecule has 1 atom stereocenters. The zero-order valence-electron chi connectivity index (χ0n) is 13.7. The number of nitrogens with zero attached hydrogens (tertiary/aromatic N) is 2. The molecule has 0 aromatic heterocycles. The lowest BCUT2D eigenvalue weighted by atomic mass is 10.0. The smallest absolute Gasteiger partial charge is 0.317 e. The normalized spacial score (nSPS) is 17.9. The number of hydrogen-bond acceptors (Lipinski definition) is 4. The molecule has 23 heavy (non-hydrogen) atoms. The molecule has 2 N–H and O–H groups in total. The van der Waals surface area contributed by atoms with Gasteiger partial charge in [-0.15, -0.1) is 0 Å². The number of carboxylic acids is 1. The molecule has 1 fully saturated rings. The Hall–Kier alpha value is -1.92. The van der Waals surface area contributed by atoms with E-state index < -0.39 is 5.97 Å². The van der Waals surface area contributed by atoms with Gasteiger partial charge in [-0.1, -0.05) is 18.2 Å². The predicted molar refractivity (Wildman–Crippen MR) is 89.4 cm³/mol. The van der Waals surface area contributed by atoms with Crippen LogP contribution in [0.25, 0.3) is 0 Å². The van der Waals surface area contributed by atoms with Gasteiger partial charge in [-0.3, -0.25) is 19.4 Å². The summed E-state index contributed by atoms with van der Waals surface area (Å²) in [6, 6.07) is 9.52. The Morgan fingerprint density at radius 1 is 1.30 bits per heavy atom. The van der Waals surface area contributed by atoms with Crippen molar-refractivity contribution in [1.29, 1.82) is 0 Å². The van der Waals surface area contributed by atoms with Crippen LogP contribution in [0.15, 0.2) is 30.3 Å². The van der Waals surface area contributed by atoms with Gasteiger partial charge in [0.2, 0.25) is 5.91 Å². The number of anilines is 1. The molecule has 1 aliphatic heterocycles. The first-order valence-corrected chi connectivity index (χ1v) is 7.99. The molecule has 1 saturated heterocycles. The van der Waals surface area contributed by atoms with E-state index in [1.165, 1.54) is 0 Å². The van der Waals surface area contributed by atoms with Crippen LogP contribution < -0.4 is 5.32 Å². The Labute approximate surface area is 137 Å². The average molecular weight is 319 g/mol. The molecule has 1 heterocycles. The Morgan fingerprint density at radius 2 is 1.91 bits per heavy atom. The second-order valence-corrected chi connectivity index (χ2v) is 6.11. The van der Waals surface area contributed by atoms with Gasteiger partial charge < -0.3 is 10.4 Å². The fourth-order valence-electron chi connectivity index (χ4n) is 2.99. The number of nitrogens with one attached hydrogen (secondary N) is 1. The third-order valence-corrected chi connectivity index (χ3v) is 4.48. The van der Waals surface area contributed by atoms with Gasteiger partial charge >= 0.3 is 5.97 Å². The van der Waals surface area contributed by atoms with Gasteiger partial charge in [-0.05, 0) is 38.9 Å². The van der Waals surface area contributed by atoms with Gasteiger partial charge in [0.25, 0.3) is 0 Å². The summed E-state index contributed by atoms with van der Waals surface area (Å²) >= 11 is 0. The summed E-state index contributed by atoms with van der Waals surface area (Å²) in [5, 5.41) is 11.8. The lowest BCUT2D eigenvalue weighted by Gasteiger charge is -2.38. The number of hydrogen-bond donors (Lipinski definition) is 2. The van der Waals surface area contributed by atoms with Crippen molar-refractivity contribution in [3.8, 4) is 0 Å². The van der Waals surface area contributed by atoms with Gasteiger partial charge in [0, 0.05) is 24.8 Å². The van der Waals surface area contributed by atoms with Gasteiger partial charge in [0.05, 0.1) is 12.6 Å². The molecule has 6 heteroatoms. The summed E-state index contributed by atoms with van der Waals surface area (Å²) < 4.78 is 0. The van der Waals surface area contributed by atoms with E-state index in [1.54, 1.807) is 0 Å². The fourth-order valence-corrected chi connectivity index (χ4v) is 2.99. The number of carbonyl (C=O) groups excluding carboxylic acids is 1. The van der Waals surface area contributed by atoms with Crippen LogP contribution in [0.1, 0.15) is 19.8 Å². The Kier molecular flexibility index (Phi) is 6.12. The molecule has 2 rings (SSSR count). The van der Waals surface area contributed by atoms with E-state index in [4.69, 9.17) is 5.11 Å². The maximum atomic E-state index is 12.3. The SMILES string of the molecule is CC(C(=O)Nc1ccccc1)N1CCC(N(C)CC(=O)O)CC1. The summed E-state index contributed by atoms with van der Waals surface area (Å²) in [6.07, 6.45) is 1.76. The first-order valence-electron chi connectivity index (χ1n) is 7.99. The van der Waals surface area contributed by atoms with Crippen LogP contribution in [0.4, 0.5) is 5.69 Å². The Morgan fingerprint density at radius 3 is 2.48 bits per heavy atom. The van der Waals surface area contributed by atoms with E-state index in [1.807, 2.05) is 49.2 Å². The van der Waals surface area contributed by atoms with Crippen molar-refractivity contribution in [2.75, 3.05) is 32.0 Å². The van der Waals surface area contributed by atoms with E-state index >= 15 is 0 Å². The summed E-state index contributed by atoms with van der Waals surface area (Å²) in [6.45, 7) is 3.59. The number of amides is 1. The highest BCUT2D eigenvalue weighted by molar-refractivity contribution is 5.94. The number of aliphatic carboxylic acids is 1. The van der Waals surface area contributed by atoms with Crippen LogP contribution in [-0.4, -0.2) is 65.5 Å². The monoisotopic (exact) mass is 319 g/mol. The standard InChI is InChI=1S/C17H25N3O3/c1-13(17(23)18-14-6-4-3-5-7-14)20-10-8-15(9-11-20)19(2)12-16(21)22/h3-7,13,15H,8-12H2,1-2H3,(H,18,23)(H,21,22). The quantitative estimate of drug-likeness (QED) is 0.831. The largest absolute Gasteiger partial charge is 0.480 e. The van der Waals surface area contributed by atoms with Crippen molar-refractivity contribution in [2.24, 2.45) is 0 Å². The summed E-state index contributed by atoms with van der Waals surface area (Å²) in [7, 11) is 1.85. The molecule has 1 aliphatic rings. The number of carbonyl (C=O) groups is 2. The van der Waals surface area contributed by atoms with Gasteiger partial charge in [-0.25, -0.2) is 0 Å². The maximum Gasteiger partial charge on any atom is 0.317 e. The third-order valence-electron chi connectivity index (χ3n) is 4.48. The van der Waals surface area contributed by atoms with E-state index in [2.05, 4.69) is 10.2 Å². The minimum atomic E-state index is -0.800. The first kappa shape index (κ1) is 17.4. The highest BCUT2D eigenvalue weighted by Crippen LogP contribution is 2.18. The van der Waals surface area contributed by atoms with E-state index in [9.17, 15) is 9.59 Å². The minimum absolute atomic E-state index is 0.00598. The molecule has 0 bridgehead atoms. The molecule has 6 nitrogen and oxygen atoms in total. The van der Waals surface area contributed by atoms with Crippen molar-refractivity contribution in [3.05, 3.63) is 30.3 Å². The Bertz CT molecular complexity index is 527. The molecule has 1 amide bonds. The van der Waals surface area contributed by atoms with E-state index in [0.717, 1.165) is 31.6 Å². The number of rotatable bonds is 6. The fraction of sp³-hybridized carbons (Fsp3) is 0.529. The topological polar surface area (TPSA) is 72.9 Å². The molecule has 0 radical (unpaired) electrons. The molecule has 0 spiro atoms. The first-order chi connectivity index (χ1) is 11.0. The summed E-state index contributed by atoms with van der Waals surface area (Å²) in [5.41, 5.74) is 0.806. The second-order valence-electron chi connectivity index (χ2n) is 6.11. The molecular formula is C17H25N3O3. The molecular weight excluding hydrogens is 294 g/mol. The van der Waals surface area contributed by atoms with Crippen molar-refractivity contribution in [1.82, 2.24) is 9.80 Å². The lowest BCUT2D eigenvalue weighted by Crippen LogP contribution is -2.50. The molecule has 0 saturated carbocycles. The summed E-state index contributed by atoms with van der Waals surface area (Å²) in [5.74, 6) is -0.806. The zero-order chi connectivity index (χ0) is 16.8. The number of benzene rings is 1. The average Bonchev–Trinajstić information content (AvgIpc) is 2.54. The predicted octanol–water partition coefficient (Wildman–Crippen LogP) is 1.49. The van der Waals surface area contributed by atoms with Crippen molar-refractivity contribution >= 4 is 17.6 Å². The van der Waals surface area contributed by atoms with Gasteiger partial charge in [0.15, 0.2) is 0 Å². The zero-order valence-corrected chi connectivity index (χ0v) is 13.7. The van der Waals surface area contributed by atoms with Crippen LogP contribution in [0.2, 0.25) is 0 Å². The molecule has 1 aromatic carbocycles. The van der Waals surface area contributed by atoms with Crippen LogP contribution >= 0.6 is 0 Å². The number of likely N-dealkylation sites (N-methyl/N-ethyl adjacent to an activating group) is 1. The number of likely N-dealkylation sites (tertiary alicyclic amines) is 1. The molecule has 126 valence electrons. The highest BCUT2D eigenvalue weighted by Gasteiger charge is 2.28. The van der Waals surface area contributed by atoms with Crippen LogP contribution in [-0.2, 0) is 9.59 Å². The number of para-hydroxylation sites is 1. The summed E-state index contributed by atoms with van der Waals surface area (Å²) in [4.78, 5) is 27.2. The molecule has 0 aliphatic carbocycles. The maximum absolute atomic E-state index is 12.3. The van der Waals surface area contributed by atoms with Crippen LogP contribution in [0, 0.1) is 0 Å². The molecule has 1 unspecified atom stereocenters. The van der Waals surface area contributed by atoms with Crippen molar-refractivity contribution in [2.45, 2.75) is 31.8 Å². The third kappa shape index (κ3) is 5.04. The molecule has 1 aromatic rings. The second kappa shape index (κ2) is 8.08. The van der Waals surface area contributed by atoms with Crippen molar-refractivity contribution < 1.29 is 14.7 Å².